The maximum atomic E-state index is 8.94. The lowest BCUT2D eigenvalue weighted by Gasteiger charge is -2.15. The molecule has 0 aromatic carbocycles. The summed E-state index contributed by atoms with van der Waals surface area (Å²) < 4.78 is 0. The molecule has 1 heterocycles. The van der Waals surface area contributed by atoms with Crippen LogP contribution in [0.25, 0.3) is 0 Å². The van der Waals surface area contributed by atoms with Crippen LogP contribution in [0.4, 0.5) is 5.82 Å². The summed E-state index contributed by atoms with van der Waals surface area (Å²) in [5, 5.41) is 21.0. The number of nitrogens with one attached hydrogen (secondary N) is 1. The Hall–Kier alpha value is -1.60. The fourth-order valence-electron chi connectivity index (χ4n) is 1.84. The maximum Gasteiger partial charge on any atom is 0.143 e. The maximum absolute atomic E-state index is 8.94. The average molecular weight is 217 g/mol. The van der Waals surface area contributed by atoms with Crippen molar-refractivity contribution < 1.29 is 5.11 Å². The van der Waals surface area contributed by atoms with Crippen molar-refractivity contribution in [2.45, 2.75) is 19.3 Å². The van der Waals surface area contributed by atoms with E-state index in [0.29, 0.717) is 11.4 Å². The van der Waals surface area contributed by atoms with Crippen LogP contribution in [0.15, 0.2) is 18.3 Å². The molecule has 2 rings (SSSR count). The molecule has 1 aliphatic rings. The largest absolute Gasteiger partial charge is 0.396 e. The molecular weight excluding hydrogens is 202 g/mol. The fraction of sp³-hybridized carbons (Fsp3) is 0.500. The molecule has 1 aromatic rings. The molecule has 0 atom stereocenters. The van der Waals surface area contributed by atoms with E-state index in [1.54, 1.807) is 18.3 Å². The van der Waals surface area contributed by atoms with Gasteiger partial charge in [0, 0.05) is 19.3 Å². The Bertz CT molecular complexity index is 407. The Balaban J connectivity index is 1.97. The van der Waals surface area contributed by atoms with Crippen LogP contribution in [0.5, 0.6) is 0 Å². The molecule has 1 saturated carbocycles. The first kappa shape index (κ1) is 10.9. The number of nitrogens with zero attached hydrogens (tertiary/aromatic N) is 2. The van der Waals surface area contributed by atoms with Gasteiger partial charge in [0.1, 0.15) is 11.9 Å². The molecule has 0 radical (unpaired) electrons. The van der Waals surface area contributed by atoms with Crippen molar-refractivity contribution in [2.24, 2.45) is 5.41 Å². The molecule has 4 nitrogen and oxygen atoms in total. The van der Waals surface area contributed by atoms with Crippen LogP contribution in [0, 0.1) is 16.7 Å². The molecular formula is C12H15N3O. The zero-order chi connectivity index (χ0) is 11.4. The van der Waals surface area contributed by atoms with E-state index in [-0.39, 0.29) is 12.0 Å². The first-order valence-electron chi connectivity index (χ1n) is 5.49. The Kier molecular flexibility index (Phi) is 3.07. The zero-order valence-electron chi connectivity index (χ0n) is 9.11. The van der Waals surface area contributed by atoms with Crippen LogP contribution in [0.1, 0.15) is 24.8 Å². The smallest absolute Gasteiger partial charge is 0.143 e. The quantitative estimate of drug-likeness (QED) is 0.784. The lowest BCUT2D eigenvalue weighted by atomic mass is 10.0. The van der Waals surface area contributed by atoms with Crippen molar-refractivity contribution >= 4 is 5.82 Å². The van der Waals surface area contributed by atoms with Crippen LogP contribution < -0.4 is 5.32 Å². The summed E-state index contributed by atoms with van der Waals surface area (Å²) in [6.45, 7) is 1.02. The third-order valence-electron chi connectivity index (χ3n) is 3.16. The standard InChI is InChI=1S/C12H15N3O/c13-8-10-2-1-6-14-11(10)15-9-12(3-4-12)5-7-16/h1-2,6,16H,3-5,7,9H2,(H,14,15). The van der Waals surface area contributed by atoms with Gasteiger partial charge in [-0.15, -0.1) is 0 Å². The number of hydrogen-bond acceptors (Lipinski definition) is 4. The van der Waals surface area contributed by atoms with Crippen LogP contribution in [-0.4, -0.2) is 23.2 Å². The number of pyridine rings is 1. The molecule has 1 aliphatic carbocycles. The van der Waals surface area contributed by atoms with Crippen LogP contribution in [0.3, 0.4) is 0 Å². The van der Waals surface area contributed by atoms with Crippen LogP contribution in [0.2, 0.25) is 0 Å². The number of rotatable bonds is 5. The number of anilines is 1. The van der Waals surface area contributed by atoms with E-state index >= 15 is 0 Å². The van der Waals surface area contributed by atoms with Gasteiger partial charge in [0.05, 0.1) is 5.56 Å². The third-order valence-corrected chi connectivity index (χ3v) is 3.16. The van der Waals surface area contributed by atoms with Crippen molar-refractivity contribution in [3.63, 3.8) is 0 Å². The predicted molar refractivity (Wildman–Crippen MR) is 60.8 cm³/mol. The van der Waals surface area contributed by atoms with E-state index in [1.165, 1.54) is 0 Å². The number of aromatic nitrogens is 1. The van der Waals surface area contributed by atoms with Crippen molar-refractivity contribution in [1.82, 2.24) is 4.98 Å². The molecule has 0 saturated heterocycles. The fourth-order valence-corrected chi connectivity index (χ4v) is 1.84. The van der Waals surface area contributed by atoms with Crippen molar-refractivity contribution in [3.05, 3.63) is 23.9 Å². The molecule has 1 aromatic heterocycles. The molecule has 0 aliphatic heterocycles. The van der Waals surface area contributed by atoms with E-state index in [4.69, 9.17) is 10.4 Å². The van der Waals surface area contributed by atoms with Gasteiger partial charge in [0.2, 0.25) is 0 Å². The molecule has 1 fully saturated rings. The van der Waals surface area contributed by atoms with Crippen LogP contribution >= 0.6 is 0 Å². The van der Waals surface area contributed by atoms with Crippen LogP contribution in [-0.2, 0) is 0 Å². The lowest BCUT2D eigenvalue weighted by Crippen LogP contribution is -2.17. The summed E-state index contributed by atoms with van der Waals surface area (Å²) in [5.41, 5.74) is 0.807. The Morgan fingerprint density at radius 3 is 3.00 bits per heavy atom. The summed E-state index contributed by atoms with van der Waals surface area (Å²) in [5.74, 6) is 0.647. The van der Waals surface area contributed by atoms with Gasteiger partial charge in [0.15, 0.2) is 0 Å². The minimum Gasteiger partial charge on any atom is -0.396 e. The van der Waals surface area contributed by atoms with Crippen molar-refractivity contribution in [2.75, 3.05) is 18.5 Å². The monoisotopic (exact) mass is 217 g/mol. The van der Waals surface area contributed by atoms with Gasteiger partial charge in [-0.25, -0.2) is 4.98 Å². The van der Waals surface area contributed by atoms with Gasteiger partial charge >= 0.3 is 0 Å². The summed E-state index contributed by atoms with van der Waals surface area (Å²) >= 11 is 0. The highest BCUT2D eigenvalue weighted by Gasteiger charge is 2.41. The molecule has 0 bridgehead atoms. The molecule has 0 unspecified atom stereocenters. The van der Waals surface area contributed by atoms with Gasteiger partial charge in [0.25, 0.3) is 0 Å². The number of nitriles is 1. The average Bonchev–Trinajstić information content (AvgIpc) is 3.08. The minimum absolute atomic E-state index is 0.231. The van der Waals surface area contributed by atoms with Gasteiger partial charge in [-0.1, -0.05) is 0 Å². The zero-order valence-corrected chi connectivity index (χ0v) is 9.11. The summed E-state index contributed by atoms with van der Waals surface area (Å²) in [4.78, 5) is 4.14. The normalized spacial score (nSPS) is 16.5. The van der Waals surface area contributed by atoms with Gasteiger partial charge < -0.3 is 10.4 Å². The van der Waals surface area contributed by atoms with Crippen molar-refractivity contribution in [3.8, 4) is 6.07 Å². The predicted octanol–water partition coefficient (Wildman–Crippen LogP) is 1.53. The molecule has 16 heavy (non-hydrogen) atoms. The number of aliphatic hydroxyl groups excluding tert-OH is 1. The highest BCUT2D eigenvalue weighted by molar-refractivity contribution is 5.51. The van der Waals surface area contributed by atoms with E-state index in [9.17, 15) is 0 Å². The summed E-state index contributed by atoms with van der Waals surface area (Å²) in [7, 11) is 0. The number of hydrogen-bond donors (Lipinski definition) is 2. The topological polar surface area (TPSA) is 68.9 Å². The van der Waals surface area contributed by atoms with Gasteiger partial charge in [-0.05, 0) is 36.8 Å². The third kappa shape index (κ3) is 2.31. The SMILES string of the molecule is N#Cc1cccnc1NCC1(CCO)CC1. The second-order valence-corrected chi connectivity index (χ2v) is 4.34. The van der Waals surface area contributed by atoms with E-state index in [2.05, 4.69) is 16.4 Å². The molecule has 4 heteroatoms. The molecule has 2 N–H and O–H groups in total. The van der Waals surface area contributed by atoms with E-state index < -0.39 is 0 Å². The Labute approximate surface area is 94.9 Å². The van der Waals surface area contributed by atoms with Crippen molar-refractivity contribution in [1.29, 1.82) is 5.26 Å². The second-order valence-electron chi connectivity index (χ2n) is 4.34. The first-order valence-corrected chi connectivity index (χ1v) is 5.49. The molecule has 0 amide bonds. The second kappa shape index (κ2) is 4.50. The van der Waals surface area contributed by atoms with E-state index in [0.717, 1.165) is 25.8 Å². The van der Waals surface area contributed by atoms with Gasteiger partial charge in [-0.2, -0.15) is 5.26 Å². The molecule has 84 valence electrons. The van der Waals surface area contributed by atoms with E-state index in [1.807, 2.05) is 0 Å². The summed E-state index contributed by atoms with van der Waals surface area (Å²) in [6.07, 6.45) is 4.80. The lowest BCUT2D eigenvalue weighted by molar-refractivity contribution is 0.253. The first-order chi connectivity index (χ1) is 7.79. The Morgan fingerprint density at radius 1 is 1.56 bits per heavy atom. The molecule has 0 spiro atoms. The Morgan fingerprint density at radius 2 is 2.38 bits per heavy atom. The van der Waals surface area contributed by atoms with Gasteiger partial charge in [-0.3, -0.25) is 0 Å². The minimum atomic E-state index is 0.231. The summed E-state index contributed by atoms with van der Waals surface area (Å²) in [6, 6.07) is 5.62. The highest BCUT2D eigenvalue weighted by atomic mass is 16.3. The highest BCUT2D eigenvalue weighted by Crippen LogP contribution is 2.48. The number of aliphatic hydroxyl groups is 1.